The first-order chi connectivity index (χ1) is 16.8. The summed E-state index contributed by atoms with van der Waals surface area (Å²) in [4.78, 5) is 0. The minimum Gasteiger partial charge on any atom is -0.493 e. The second-order valence-corrected chi connectivity index (χ2v) is 8.82. The van der Waals surface area contributed by atoms with Crippen LogP contribution in [-0.2, 0) is 11.8 Å². The third-order valence-electron chi connectivity index (χ3n) is 6.93. The number of hydrogen-bond acceptors (Lipinski definition) is 7. The molecule has 7 nitrogen and oxygen atoms in total. The lowest BCUT2D eigenvalue weighted by molar-refractivity contribution is 0.289. The molecule has 0 fully saturated rings. The summed E-state index contributed by atoms with van der Waals surface area (Å²) in [6.45, 7) is 4.22. The van der Waals surface area contributed by atoms with Gasteiger partial charge in [-0.05, 0) is 61.4 Å². The normalized spacial score (nSPS) is 14.3. The van der Waals surface area contributed by atoms with E-state index in [1.54, 1.807) is 35.5 Å². The predicted octanol–water partition coefficient (Wildman–Crippen LogP) is 5.28. The molecule has 0 aromatic heterocycles. The fourth-order valence-electron chi connectivity index (χ4n) is 4.73. The van der Waals surface area contributed by atoms with E-state index in [0.29, 0.717) is 41.6 Å². The molecule has 7 heteroatoms. The minimum atomic E-state index is -0.747. The first-order valence-corrected chi connectivity index (χ1v) is 12.0. The highest BCUT2D eigenvalue weighted by molar-refractivity contribution is 5.59. The Morgan fingerprint density at radius 3 is 2.06 bits per heavy atom. The topological polar surface area (TPSA) is 96.0 Å². The van der Waals surface area contributed by atoms with Crippen molar-refractivity contribution in [3.05, 3.63) is 41.5 Å². The van der Waals surface area contributed by atoms with Crippen LogP contribution >= 0.6 is 0 Å². The van der Waals surface area contributed by atoms with Crippen LogP contribution in [0.15, 0.2) is 30.3 Å². The zero-order chi connectivity index (χ0) is 26.0. The van der Waals surface area contributed by atoms with Gasteiger partial charge in [0.05, 0.1) is 47.0 Å². The maximum Gasteiger partial charge on any atom is 0.203 e. The molecular formula is C28H40N2O5. The number of ether oxygens (including phenoxy) is 5. The van der Waals surface area contributed by atoms with E-state index in [2.05, 4.69) is 19.9 Å². The third-order valence-corrected chi connectivity index (χ3v) is 6.93. The molecule has 0 saturated heterocycles. The van der Waals surface area contributed by atoms with Gasteiger partial charge >= 0.3 is 0 Å². The van der Waals surface area contributed by atoms with Crippen molar-refractivity contribution < 1.29 is 23.7 Å². The summed E-state index contributed by atoms with van der Waals surface area (Å²) in [6.07, 6.45) is 3.79. The van der Waals surface area contributed by atoms with Gasteiger partial charge in [0.1, 0.15) is 0 Å². The van der Waals surface area contributed by atoms with Crippen LogP contribution in [0, 0.1) is 17.2 Å². The van der Waals surface area contributed by atoms with Crippen LogP contribution in [0.5, 0.6) is 28.7 Å². The van der Waals surface area contributed by atoms with Gasteiger partial charge in [0.25, 0.3) is 0 Å². The van der Waals surface area contributed by atoms with E-state index in [1.807, 2.05) is 30.3 Å². The Morgan fingerprint density at radius 2 is 1.51 bits per heavy atom. The number of nitrogens with zero attached hydrogens (tertiary/aromatic N) is 1. The Balaban J connectivity index is 2.26. The SMILES string of the molecule is CCC(C)C(C#N)(CCCC(N)Cc1ccc(OC)c(OC)c1)c1ccc(OC)c(OC)c1OC. The second-order valence-electron chi connectivity index (χ2n) is 8.82. The zero-order valence-corrected chi connectivity index (χ0v) is 22.1. The second kappa shape index (κ2) is 13.1. The lowest BCUT2D eigenvalue weighted by atomic mass is 9.67. The van der Waals surface area contributed by atoms with Gasteiger partial charge in [-0.3, -0.25) is 0 Å². The minimum absolute atomic E-state index is 0.0475. The molecule has 3 atom stereocenters. The number of benzene rings is 2. The molecule has 0 aliphatic rings. The van der Waals surface area contributed by atoms with Crippen molar-refractivity contribution in [2.45, 2.75) is 57.4 Å². The maximum absolute atomic E-state index is 10.5. The van der Waals surface area contributed by atoms with Crippen molar-refractivity contribution in [1.29, 1.82) is 5.26 Å². The Bertz CT molecular complexity index is 1000. The summed E-state index contributed by atoms with van der Waals surface area (Å²) < 4.78 is 27.5. The van der Waals surface area contributed by atoms with Gasteiger partial charge in [-0.15, -0.1) is 0 Å². The molecule has 3 unspecified atom stereocenters. The Morgan fingerprint density at radius 1 is 0.886 bits per heavy atom. The van der Waals surface area contributed by atoms with E-state index in [9.17, 15) is 5.26 Å². The molecule has 0 heterocycles. The summed E-state index contributed by atoms with van der Waals surface area (Å²) in [6, 6.07) is 12.2. The molecule has 192 valence electrons. The average molecular weight is 485 g/mol. The lowest BCUT2D eigenvalue weighted by Crippen LogP contribution is -2.33. The van der Waals surface area contributed by atoms with Gasteiger partial charge in [0.15, 0.2) is 23.0 Å². The van der Waals surface area contributed by atoms with E-state index < -0.39 is 5.41 Å². The Hall–Kier alpha value is -3.11. The number of hydrogen-bond donors (Lipinski definition) is 1. The van der Waals surface area contributed by atoms with E-state index in [4.69, 9.17) is 29.4 Å². The number of rotatable bonds is 14. The monoisotopic (exact) mass is 484 g/mol. The van der Waals surface area contributed by atoms with Crippen LogP contribution in [0.3, 0.4) is 0 Å². The molecular weight excluding hydrogens is 444 g/mol. The smallest absolute Gasteiger partial charge is 0.203 e. The summed E-state index contributed by atoms with van der Waals surface area (Å²) in [5.41, 5.74) is 7.67. The molecule has 0 saturated carbocycles. The Labute approximate surface area is 210 Å². The van der Waals surface area contributed by atoms with Crippen LogP contribution in [0.1, 0.15) is 50.7 Å². The van der Waals surface area contributed by atoms with Crippen molar-refractivity contribution >= 4 is 0 Å². The molecule has 2 aromatic rings. The highest BCUT2D eigenvalue weighted by atomic mass is 16.5. The summed E-state index contributed by atoms with van der Waals surface area (Å²) in [5, 5.41) is 10.5. The average Bonchev–Trinajstić information content (AvgIpc) is 2.89. The van der Waals surface area contributed by atoms with Crippen LogP contribution in [0.4, 0.5) is 0 Å². The van der Waals surface area contributed by atoms with Crippen molar-refractivity contribution in [2.24, 2.45) is 11.7 Å². The Kier molecular flexibility index (Phi) is 10.5. The highest BCUT2D eigenvalue weighted by Gasteiger charge is 2.41. The fourth-order valence-corrected chi connectivity index (χ4v) is 4.73. The van der Waals surface area contributed by atoms with Gasteiger partial charge < -0.3 is 29.4 Å². The first-order valence-electron chi connectivity index (χ1n) is 12.0. The van der Waals surface area contributed by atoms with Crippen LogP contribution in [0.25, 0.3) is 0 Å². The number of nitriles is 1. The maximum atomic E-state index is 10.5. The summed E-state index contributed by atoms with van der Waals surface area (Å²) in [5.74, 6) is 3.10. The molecule has 0 radical (unpaired) electrons. The van der Waals surface area contributed by atoms with Gasteiger partial charge in [-0.1, -0.05) is 26.3 Å². The van der Waals surface area contributed by atoms with Crippen LogP contribution in [-0.4, -0.2) is 41.6 Å². The summed E-state index contributed by atoms with van der Waals surface area (Å²) in [7, 11) is 8.01. The van der Waals surface area contributed by atoms with E-state index >= 15 is 0 Å². The molecule has 2 N–H and O–H groups in total. The van der Waals surface area contributed by atoms with Crippen LogP contribution in [0.2, 0.25) is 0 Å². The van der Waals surface area contributed by atoms with E-state index in [1.165, 1.54) is 0 Å². The fraction of sp³-hybridized carbons (Fsp3) is 0.536. The van der Waals surface area contributed by atoms with Gasteiger partial charge in [0, 0.05) is 11.6 Å². The van der Waals surface area contributed by atoms with Crippen LogP contribution < -0.4 is 29.4 Å². The first kappa shape index (κ1) is 28.1. The van der Waals surface area contributed by atoms with Crippen molar-refractivity contribution in [1.82, 2.24) is 0 Å². The molecule has 2 aromatic carbocycles. The molecule has 0 aliphatic carbocycles. The van der Waals surface area contributed by atoms with Crippen molar-refractivity contribution in [3.63, 3.8) is 0 Å². The molecule has 35 heavy (non-hydrogen) atoms. The standard InChI is InChI=1S/C28H40N2O5/c1-8-19(2)28(18-29,22-12-14-24(32-4)27(35-7)26(22)34-6)15-9-10-21(30)16-20-11-13-23(31-3)25(17-20)33-5/h11-14,17,19,21H,8-10,15-16,30H2,1-7H3. The number of nitrogens with two attached hydrogens (primary N) is 1. The van der Waals surface area contributed by atoms with Gasteiger partial charge in [-0.25, -0.2) is 0 Å². The quantitative estimate of drug-likeness (QED) is 0.390. The zero-order valence-electron chi connectivity index (χ0n) is 22.1. The number of methoxy groups -OCH3 is 5. The van der Waals surface area contributed by atoms with Crippen molar-refractivity contribution in [3.8, 4) is 34.8 Å². The van der Waals surface area contributed by atoms with Gasteiger partial charge in [-0.2, -0.15) is 5.26 Å². The molecule has 0 spiro atoms. The molecule has 0 bridgehead atoms. The lowest BCUT2D eigenvalue weighted by Gasteiger charge is -2.35. The van der Waals surface area contributed by atoms with Crippen molar-refractivity contribution in [2.75, 3.05) is 35.5 Å². The highest BCUT2D eigenvalue weighted by Crippen LogP contribution is 2.49. The van der Waals surface area contributed by atoms with E-state index in [-0.39, 0.29) is 12.0 Å². The third kappa shape index (κ3) is 6.12. The molecule has 0 amide bonds. The van der Waals surface area contributed by atoms with E-state index in [0.717, 1.165) is 30.4 Å². The molecule has 0 aliphatic heterocycles. The summed E-state index contributed by atoms with van der Waals surface area (Å²) >= 11 is 0. The van der Waals surface area contributed by atoms with Gasteiger partial charge in [0.2, 0.25) is 5.75 Å². The molecule has 2 rings (SSSR count). The predicted molar refractivity (Wildman–Crippen MR) is 138 cm³/mol. The largest absolute Gasteiger partial charge is 0.493 e.